The van der Waals surface area contributed by atoms with Crippen LogP contribution in [0.1, 0.15) is 38.8 Å². The summed E-state index contributed by atoms with van der Waals surface area (Å²) >= 11 is 6.50. The number of likely N-dealkylation sites (N-methyl/N-ethyl adjacent to an activating group) is 1. The summed E-state index contributed by atoms with van der Waals surface area (Å²) in [6, 6.07) is 7.13. The molecule has 0 fully saturated rings. The van der Waals surface area contributed by atoms with E-state index >= 15 is 0 Å². The van der Waals surface area contributed by atoms with Gasteiger partial charge in [-0.25, -0.2) is 0 Å². The third-order valence-electron chi connectivity index (χ3n) is 5.19. The van der Waals surface area contributed by atoms with Gasteiger partial charge in [-0.1, -0.05) is 17.7 Å². The van der Waals surface area contributed by atoms with Crippen molar-refractivity contribution in [3.05, 3.63) is 72.8 Å². The average molecular weight is 444 g/mol. The monoisotopic (exact) mass is 443 g/mol. The Balaban J connectivity index is 1.92. The zero-order chi connectivity index (χ0) is 22.9. The lowest BCUT2D eigenvalue weighted by Crippen LogP contribution is -2.44. The van der Waals surface area contributed by atoms with Gasteiger partial charge in [0.1, 0.15) is 5.69 Å². The number of nitrogens with one attached hydrogen (secondary N) is 1. The van der Waals surface area contributed by atoms with Crippen molar-refractivity contribution in [2.75, 3.05) is 16.9 Å². The molecule has 1 heterocycles. The first-order valence-corrected chi connectivity index (χ1v) is 9.96. The molecule has 162 valence electrons. The van der Waals surface area contributed by atoms with Gasteiger partial charge in [0.2, 0.25) is 0 Å². The van der Waals surface area contributed by atoms with Gasteiger partial charge in [-0.05, 0) is 51.5 Å². The molecule has 0 unspecified atom stereocenters. The maximum absolute atomic E-state index is 11.3. The Morgan fingerprint density at radius 1 is 1.19 bits per heavy atom. The predicted octanol–water partition coefficient (Wildman–Crippen LogP) is 5.62. The topological polar surface area (TPSA) is 114 Å². The third-order valence-corrected chi connectivity index (χ3v) is 5.52. The summed E-state index contributed by atoms with van der Waals surface area (Å²) in [4.78, 5) is 23.0. The van der Waals surface area contributed by atoms with E-state index in [0.29, 0.717) is 10.6 Å². The minimum Gasteiger partial charge on any atom is -0.363 e. The van der Waals surface area contributed by atoms with E-state index < -0.39 is 15.5 Å². The van der Waals surface area contributed by atoms with E-state index in [2.05, 4.69) is 42.3 Å². The van der Waals surface area contributed by atoms with Gasteiger partial charge in [0.05, 0.1) is 32.7 Å². The minimum absolute atomic E-state index is 0.0379. The number of hydrogen-bond acceptors (Lipinski definition) is 7. The maximum atomic E-state index is 11.3. The Hall–Kier alpha value is -3.46. The van der Waals surface area contributed by atoms with E-state index in [-0.39, 0.29) is 16.9 Å². The number of nitro benzene ring substituents is 2. The number of anilines is 2. The molecule has 0 bridgehead atoms. The van der Waals surface area contributed by atoms with Gasteiger partial charge in [-0.3, -0.25) is 25.7 Å². The molecular weight excluding hydrogens is 422 g/mol. The number of allylic oxidation sites excluding steroid dienone is 1. The van der Waals surface area contributed by atoms with Crippen LogP contribution in [-0.4, -0.2) is 28.1 Å². The van der Waals surface area contributed by atoms with Gasteiger partial charge in [0.15, 0.2) is 0 Å². The second-order valence-corrected chi connectivity index (χ2v) is 8.11. The molecule has 0 atom stereocenters. The molecule has 9 nitrogen and oxygen atoms in total. The summed E-state index contributed by atoms with van der Waals surface area (Å²) in [5, 5.41) is 26.7. The Labute approximate surface area is 184 Å². The Bertz CT molecular complexity index is 1130. The number of nitro groups is 2. The number of hydrogen-bond donors (Lipinski definition) is 1. The fraction of sp³-hybridized carbons (Fsp3) is 0.286. The van der Waals surface area contributed by atoms with Crippen LogP contribution < -0.4 is 10.3 Å². The first-order chi connectivity index (χ1) is 14.5. The number of rotatable bonds is 6. The summed E-state index contributed by atoms with van der Waals surface area (Å²) in [6.07, 6.45) is 3.67. The molecule has 0 spiro atoms. The molecule has 2 aromatic carbocycles. The summed E-state index contributed by atoms with van der Waals surface area (Å²) in [7, 11) is 0. The van der Waals surface area contributed by atoms with Gasteiger partial charge < -0.3 is 4.90 Å². The standard InChI is InChI=1S/C21H22ClN5O4/c1-5-25-19-10-17(22)14(8-16(19)13(2)11-21(25,3)4)12-23-24-18-7-6-15(26(28)29)9-20(18)27(30)31/h6-12,24H,5H2,1-4H3/b23-12-. The molecule has 2 aromatic rings. The molecule has 0 radical (unpaired) electrons. The van der Waals surface area contributed by atoms with Crippen molar-refractivity contribution in [3.8, 4) is 0 Å². The molecule has 0 saturated carbocycles. The van der Waals surface area contributed by atoms with E-state index in [4.69, 9.17) is 11.6 Å². The summed E-state index contributed by atoms with van der Waals surface area (Å²) in [5.41, 5.74) is 5.50. The quantitative estimate of drug-likeness (QED) is 0.352. The highest BCUT2D eigenvalue weighted by Gasteiger charge is 2.30. The number of hydrazone groups is 1. The van der Waals surface area contributed by atoms with Crippen LogP contribution in [0.4, 0.5) is 22.7 Å². The minimum atomic E-state index is -0.702. The van der Waals surface area contributed by atoms with E-state index in [0.717, 1.165) is 29.4 Å². The maximum Gasteiger partial charge on any atom is 0.301 e. The highest BCUT2D eigenvalue weighted by molar-refractivity contribution is 6.33. The van der Waals surface area contributed by atoms with Crippen molar-refractivity contribution in [1.82, 2.24) is 0 Å². The van der Waals surface area contributed by atoms with Crippen molar-refractivity contribution in [2.24, 2.45) is 5.10 Å². The highest BCUT2D eigenvalue weighted by Crippen LogP contribution is 2.41. The SMILES string of the molecule is CCN1c2cc(Cl)c(/C=N\Nc3ccc([N+](=O)[O-])cc3[N+](=O)[O-])cc2C(C)=CC1(C)C. The van der Waals surface area contributed by atoms with Crippen LogP contribution in [0.2, 0.25) is 5.02 Å². The number of benzene rings is 2. The molecule has 10 heteroatoms. The molecule has 0 amide bonds. The fourth-order valence-corrected chi connectivity index (χ4v) is 4.05. The number of fused-ring (bicyclic) bond motifs is 1. The van der Waals surface area contributed by atoms with Crippen molar-refractivity contribution in [3.63, 3.8) is 0 Å². The summed E-state index contributed by atoms with van der Waals surface area (Å²) in [6.45, 7) is 9.24. The largest absolute Gasteiger partial charge is 0.363 e. The lowest BCUT2D eigenvalue weighted by Gasteiger charge is -2.43. The van der Waals surface area contributed by atoms with Crippen molar-refractivity contribution in [1.29, 1.82) is 0 Å². The Kier molecular flexibility index (Phi) is 5.99. The van der Waals surface area contributed by atoms with Crippen molar-refractivity contribution < 1.29 is 9.85 Å². The van der Waals surface area contributed by atoms with E-state index in [1.807, 2.05) is 19.1 Å². The molecule has 1 N–H and O–H groups in total. The average Bonchev–Trinajstić information content (AvgIpc) is 2.68. The first-order valence-electron chi connectivity index (χ1n) is 9.58. The fourth-order valence-electron chi connectivity index (χ4n) is 3.84. The lowest BCUT2D eigenvalue weighted by molar-refractivity contribution is -0.393. The first kappa shape index (κ1) is 22.2. The molecular formula is C21H22ClN5O4. The number of non-ortho nitro benzene ring substituents is 1. The molecule has 0 saturated heterocycles. The molecule has 3 rings (SSSR count). The van der Waals surface area contributed by atoms with Crippen molar-refractivity contribution in [2.45, 2.75) is 33.2 Å². The molecule has 31 heavy (non-hydrogen) atoms. The van der Waals surface area contributed by atoms with Gasteiger partial charge in [-0.2, -0.15) is 5.10 Å². The second-order valence-electron chi connectivity index (χ2n) is 7.70. The number of halogens is 1. The number of nitrogens with zero attached hydrogens (tertiary/aromatic N) is 4. The van der Waals surface area contributed by atoms with E-state index in [1.165, 1.54) is 18.3 Å². The Morgan fingerprint density at radius 3 is 2.52 bits per heavy atom. The normalized spacial score (nSPS) is 14.9. The van der Waals surface area contributed by atoms with Gasteiger partial charge in [0, 0.05) is 29.4 Å². The molecule has 1 aliphatic rings. The highest BCUT2D eigenvalue weighted by atomic mass is 35.5. The second kappa shape index (κ2) is 8.35. The Morgan fingerprint density at radius 2 is 1.90 bits per heavy atom. The van der Waals surface area contributed by atoms with Crippen LogP contribution in [0.5, 0.6) is 0 Å². The van der Waals surface area contributed by atoms with E-state index in [9.17, 15) is 20.2 Å². The van der Waals surface area contributed by atoms with Crippen LogP contribution in [0.15, 0.2) is 41.5 Å². The third kappa shape index (κ3) is 4.36. The zero-order valence-electron chi connectivity index (χ0n) is 17.5. The smallest absolute Gasteiger partial charge is 0.301 e. The zero-order valence-corrected chi connectivity index (χ0v) is 18.3. The summed E-state index contributed by atoms with van der Waals surface area (Å²) in [5.74, 6) is 0. The van der Waals surface area contributed by atoms with Crippen LogP contribution in [0.25, 0.3) is 5.57 Å². The van der Waals surface area contributed by atoms with E-state index in [1.54, 1.807) is 0 Å². The van der Waals surface area contributed by atoms with Crippen LogP contribution in [0, 0.1) is 20.2 Å². The molecule has 0 aliphatic carbocycles. The van der Waals surface area contributed by atoms with Crippen LogP contribution in [0.3, 0.4) is 0 Å². The summed E-state index contributed by atoms with van der Waals surface area (Å²) < 4.78 is 0. The van der Waals surface area contributed by atoms with Gasteiger partial charge in [0.25, 0.3) is 5.69 Å². The van der Waals surface area contributed by atoms with Gasteiger partial charge >= 0.3 is 5.69 Å². The molecule has 1 aliphatic heterocycles. The molecule has 0 aromatic heterocycles. The predicted molar refractivity (Wildman–Crippen MR) is 123 cm³/mol. The van der Waals surface area contributed by atoms with Crippen LogP contribution >= 0.6 is 11.6 Å². The van der Waals surface area contributed by atoms with Gasteiger partial charge in [-0.15, -0.1) is 0 Å². The van der Waals surface area contributed by atoms with Crippen LogP contribution in [-0.2, 0) is 0 Å². The lowest BCUT2D eigenvalue weighted by atomic mass is 9.88. The van der Waals surface area contributed by atoms with Crippen molar-refractivity contribution >= 4 is 46.1 Å².